The maximum Gasteiger partial charge on any atom is 0.409 e. The molecule has 0 unspecified atom stereocenters. The van der Waals surface area contributed by atoms with Gasteiger partial charge in [0.25, 0.3) is 0 Å². The number of rotatable bonds is 4. The second kappa shape index (κ2) is 6.89. The van der Waals surface area contributed by atoms with Gasteiger partial charge in [0, 0.05) is 25.6 Å². The highest BCUT2D eigenvalue weighted by atomic mass is 16.5. The number of nitrogens with zero attached hydrogens (tertiary/aromatic N) is 5. The van der Waals surface area contributed by atoms with Crippen molar-refractivity contribution in [2.75, 3.05) is 34.3 Å². The van der Waals surface area contributed by atoms with Crippen LogP contribution in [0.15, 0.2) is 0 Å². The van der Waals surface area contributed by atoms with E-state index in [-0.39, 0.29) is 6.09 Å². The molecular formula is C14H25N5O2. The van der Waals surface area contributed by atoms with E-state index in [9.17, 15) is 4.79 Å². The first-order chi connectivity index (χ1) is 10.1. The van der Waals surface area contributed by atoms with Crippen LogP contribution in [0.5, 0.6) is 0 Å². The van der Waals surface area contributed by atoms with Gasteiger partial charge in [-0.25, -0.2) is 4.79 Å². The first-order valence-electron chi connectivity index (χ1n) is 7.46. The normalized spacial score (nSPS) is 16.5. The summed E-state index contributed by atoms with van der Waals surface area (Å²) in [5.41, 5.74) is 0. The first kappa shape index (κ1) is 15.8. The fourth-order valence-corrected chi connectivity index (χ4v) is 2.84. The molecule has 1 amide bonds. The summed E-state index contributed by atoms with van der Waals surface area (Å²) in [6.45, 7) is 5.23. The van der Waals surface area contributed by atoms with E-state index >= 15 is 0 Å². The van der Waals surface area contributed by atoms with Gasteiger partial charge in [-0.3, -0.25) is 0 Å². The Morgan fingerprint density at radius 3 is 2.52 bits per heavy atom. The van der Waals surface area contributed by atoms with Crippen LogP contribution in [-0.2, 0) is 17.8 Å². The molecule has 2 rings (SSSR count). The van der Waals surface area contributed by atoms with E-state index in [1.807, 2.05) is 14.1 Å². The van der Waals surface area contributed by atoms with Crippen molar-refractivity contribution in [1.29, 1.82) is 0 Å². The summed E-state index contributed by atoms with van der Waals surface area (Å²) in [4.78, 5) is 15.4. The highest BCUT2D eigenvalue weighted by molar-refractivity contribution is 5.67. The molecule has 0 bridgehead atoms. The van der Waals surface area contributed by atoms with Crippen molar-refractivity contribution in [1.82, 2.24) is 24.6 Å². The monoisotopic (exact) mass is 295 g/mol. The molecule has 1 aliphatic heterocycles. The molecule has 7 heteroatoms. The van der Waals surface area contributed by atoms with E-state index in [1.54, 1.807) is 4.90 Å². The summed E-state index contributed by atoms with van der Waals surface area (Å²) < 4.78 is 6.98. The average molecular weight is 295 g/mol. The minimum atomic E-state index is -0.237. The smallest absolute Gasteiger partial charge is 0.409 e. The van der Waals surface area contributed by atoms with Crippen molar-refractivity contribution in [3.8, 4) is 0 Å². The van der Waals surface area contributed by atoms with Crippen molar-refractivity contribution in [2.45, 2.75) is 38.8 Å². The van der Waals surface area contributed by atoms with Crippen LogP contribution in [0.1, 0.15) is 37.3 Å². The number of methoxy groups -OCH3 is 1. The molecule has 1 fully saturated rings. The van der Waals surface area contributed by atoms with Crippen molar-refractivity contribution < 1.29 is 9.53 Å². The molecule has 1 aromatic rings. The molecule has 0 spiro atoms. The van der Waals surface area contributed by atoms with Gasteiger partial charge in [-0.2, -0.15) is 0 Å². The van der Waals surface area contributed by atoms with Crippen molar-refractivity contribution in [2.24, 2.45) is 0 Å². The number of amides is 1. The van der Waals surface area contributed by atoms with Crippen molar-refractivity contribution >= 4 is 6.09 Å². The first-order valence-corrected chi connectivity index (χ1v) is 7.46. The lowest BCUT2D eigenvalue weighted by Crippen LogP contribution is -2.38. The molecule has 118 valence electrons. The van der Waals surface area contributed by atoms with E-state index in [0.29, 0.717) is 5.92 Å². The lowest BCUT2D eigenvalue weighted by molar-refractivity contribution is 0.111. The van der Waals surface area contributed by atoms with Gasteiger partial charge < -0.3 is 19.1 Å². The molecule has 1 aromatic heterocycles. The minimum Gasteiger partial charge on any atom is -0.453 e. The quantitative estimate of drug-likeness (QED) is 0.838. The summed E-state index contributed by atoms with van der Waals surface area (Å²) in [7, 11) is 5.49. The lowest BCUT2D eigenvalue weighted by Gasteiger charge is -2.30. The number of carbonyl (C=O) groups is 1. The topological polar surface area (TPSA) is 63.5 Å². The Bertz CT molecular complexity index is 478. The molecule has 0 aromatic carbocycles. The predicted molar refractivity (Wildman–Crippen MR) is 79.0 cm³/mol. The van der Waals surface area contributed by atoms with Crippen LogP contribution in [0, 0.1) is 0 Å². The van der Waals surface area contributed by atoms with E-state index in [1.165, 1.54) is 7.11 Å². The molecule has 21 heavy (non-hydrogen) atoms. The highest BCUT2D eigenvalue weighted by Gasteiger charge is 2.28. The van der Waals surface area contributed by atoms with Crippen LogP contribution in [-0.4, -0.2) is 65.0 Å². The van der Waals surface area contributed by atoms with Gasteiger partial charge in [0.1, 0.15) is 11.6 Å². The predicted octanol–water partition coefficient (Wildman–Crippen LogP) is 1.31. The summed E-state index contributed by atoms with van der Waals surface area (Å²) >= 11 is 0. The standard InChI is InChI=1S/C14H25N5O2/c1-5-19-12(10-17(2)3)15-16-13(19)11-6-8-18(9-7-11)14(20)21-4/h11H,5-10H2,1-4H3. The third kappa shape index (κ3) is 3.53. The minimum absolute atomic E-state index is 0.237. The number of likely N-dealkylation sites (tertiary alicyclic amines) is 1. The zero-order chi connectivity index (χ0) is 15.4. The second-order valence-electron chi connectivity index (χ2n) is 5.69. The summed E-state index contributed by atoms with van der Waals surface area (Å²) in [5.74, 6) is 2.43. The molecule has 0 radical (unpaired) electrons. The fourth-order valence-electron chi connectivity index (χ4n) is 2.84. The Balaban J connectivity index is 2.06. The Kier molecular flexibility index (Phi) is 5.17. The lowest BCUT2D eigenvalue weighted by atomic mass is 9.96. The fraction of sp³-hybridized carbons (Fsp3) is 0.786. The van der Waals surface area contributed by atoms with Crippen LogP contribution in [0.4, 0.5) is 4.79 Å². The number of ether oxygens (including phenoxy) is 1. The summed E-state index contributed by atoms with van der Waals surface area (Å²) in [6, 6.07) is 0. The Hall–Kier alpha value is -1.63. The van der Waals surface area contributed by atoms with E-state index < -0.39 is 0 Å². The molecule has 0 aliphatic carbocycles. The molecule has 1 aliphatic rings. The molecule has 2 heterocycles. The van der Waals surface area contributed by atoms with Crippen molar-refractivity contribution in [3.05, 3.63) is 11.6 Å². The third-order valence-electron chi connectivity index (χ3n) is 3.92. The van der Waals surface area contributed by atoms with E-state index in [4.69, 9.17) is 4.74 Å². The SMILES string of the molecule is CCn1c(CN(C)C)nnc1C1CCN(C(=O)OC)CC1. The highest BCUT2D eigenvalue weighted by Crippen LogP contribution is 2.27. The van der Waals surface area contributed by atoms with Crippen LogP contribution in [0.2, 0.25) is 0 Å². The van der Waals surface area contributed by atoms with Crippen molar-refractivity contribution in [3.63, 3.8) is 0 Å². The van der Waals surface area contributed by atoms with Crippen LogP contribution in [0.3, 0.4) is 0 Å². The molecule has 0 N–H and O–H groups in total. The van der Waals surface area contributed by atoms with Crippen LogP contribution < -0.4 is 0 Å². The number of hydrogen-bond acceptors (Lipinski definition) is 5. The van der Waals surface area contributed by atoms with Crippen LogP contribution >= 0.6 is 0 Å². The number of carbonyl (C=O) groups excluding carboxylic acids is 1. The zero-order valence-electron chi connectivity index (χ0n) is 13.4. The van der Waals surface area contributed by atoms with Gasteiger partial charge in [0.05, 0.1) is 13.7 Å². The Morgan fingerprint density at radius 2 is 2.00 bits per heavy atom. The van der Waals surface area contributed by atoms with Gasteiger partial charge in [-0.1, -0.05) is 0 Å². The second-order valence-corrected chi connectivity index (χ2v) is 5.69. The number of aromatic nitrogens is 3. The Labute approximate surface area is 125 Å². The van der Waals surface area contributed by atoms with E-state index in [2.05, 4.69) is 26.6 Å². The van der Waals surface area contributed by atoms with Gasteiger partial charge in [-0.05, 0) is 33.9 Å². The zero-order valence-corrected chi connectivity index (χ0v) is 13.4. The number of hydrogen-bond donors (Lipinski definition) is 0. The van der Waals surface area contributed by atoms with Gasteiger partial charge in [0.2, 0.25) is 0 Å². The maximum atomic E-state index is 11.5. The maximum absolute atomic E-state index is 11.5. The molecular weight excluding hydrogens is 270 g/mol. The molecule has 1 saturated heterocycles. The molecule has 7 nitrogen and oxygen atoms in total. The number of piperidine rings is 1. The summed E-state index contributed by atoms with van der Waals surface area (Å²) in [6.07, 6.45) is 1.59. The average Bonchev–Trinajstić information content (AvgIpc) is 2.88. The van der Waals surface area contributed by atoms with Gasteiger partial charge >= 0.3 is 6.09 Å². The van der Waals surface area contributed by atoms with E-state index in [0.717, 1.165) is 50.7 Å². The molecule has 0 saturated carbocycles. The van der Waals surface area contributed by atoms with Gasteiger partial charge in [-0.15, -0.1) is 10.2 Å². The summed E-state index contributed by atoms with van der Waals surface area (Å²) in [5, 5.41) is 8.74. The largest absolute Gasteiger partial charge is 0.453 e. The Morgan fingerprint density at radius 1 is 1.33 bits per heavy atom. The van der Waals surface area contributed by atoms with Crippen LogP contribution in [0.25, 0.3) is 0 Å². The molecule has 0 atom stereocenters. The third-order valence-corrected chi connectivity index (χ3v) is 3.92. The van der Waals surface area contributed by atoms with Gasteiger partial charge in [0.15, 0.2) is 0 Å².